The first-order valence-corrected chi connectivity index (χ1v) is 12.5. The molecule has 176 valence electrons. The molecule has 8 heteroatoms. The third-order valence-corrected chi connectivity index (χ3v) is 7.29. The summed E-state index contributed by atoms with van der Waals surface area (Å²) in [5.74, 6) is 0.856. The zero-order valence-corrected chi connectivity index (χ0v) is 19.4. The summed E-state index contributed by atoms with van der Waals surface area (Å²) in [6.45, 7) is 4.23. The molecule has 0 aromatic carbocycles. The van der Waals surface area contributed by atoms with E-state index in [0.717, 1.165) is 61.4 Å². The molecule has 3 aromatic heterocycles. The molecule has 1 atom stereocenters. The van der Waals surface area contributed by atoms with Crippen molar-refractivity contribution < 1.29 is 4.79 Å². The van der Waals surface area contributed by atoms with Crippen LogP contribution in [0.15, 0.2) is 30.7 Å². The fourth-order valence-corrected chi connectivity index (χ4v) is 5.27. The van der Waals surface area contributed by atoms with Crippen molar-refractivity contribution in [1.29, 1.82) is 0 Å². The van der Waals surface area contributed by atoms with E-state index in [9.17, 15) is 4.79 Å². The van der Waals surface area contributed by atoms with Crippen molar-refractivity contribution in [3.05, 3.63) is 47.5 Å². The van der Waals surface area contributed by atoms with Crippen LogP contribution in [0.4, 0.5) is 5.69 Å². The Kier molecular flexibility index (Phi) is 5.74. The number of rotatable bonds is 6. The quantitative estimate of drug-likeness (QED) is 0.591. The Morgan fingerprint density at radius 1 is 1.12 bits per heavy atom. The number of anilines is 1. The summed E-state index contributed by atoms with van der Waals surface area (Å²) in [7, 11) is 0. The number of aromatic nitrogens is 4. The van der Waals surface area contributed by atoms with Gasteiger partial charge in [0.1, 0.15) is 0 Å². The number of nitrogens with zero attached hydrogens (tertiary/aromatic N) is 5. The topological polar surface area (TPSA) is 90.0 Å². The van der Waals surface area contributed by atoms with Gasteiger partial charge in [0, 0.05) is 57.2 Å². The lowest BCUT2D eigenvalue weighted by atomic mass is 10.0. The van der Waals surface area contributed by atoms with Crippen molar-refractivity contribution in [2.45, 2.75) is 44.1 Å². The molecule has 0 bridgehead atoms. The molecule has 3 aliphatic rings. The molecule has 2 saturated heterocycles. The number of carbonyl (C=O) groups excluding carboxylic acids is 1. The second-order valence-electron chi connectivity index (χ2n) is 9.66. The molecule has 2 aliphatic heterocycles. The van der Waals surface area contributed by atoms with Crippen LogP contribution in [0.1, 0.15) is 54.8 Å². The smallest absolute Gasteiger partial charge is 0.224 e. The van der Waals surface area contributed by atoms with Gasteiger partial charge in [-0.05, 0) is 61.4 Å². The molecule has 34 heavy (non-hydrogen) atoms. The van der Waals surface area contributed by atoms with Crippen LogP contribution in [0.5, 0.6) is 0 Å². The van der Waals surface area contributed by atoms with E-state index in [2.05, 4.69) is 42.5 Å². The van der Waals surface area contributed by atoms with E-state index in [1.165, 1.54) is 30.5 Å². The van der Waals surface area contributed by atoms with Crippen LogP contribution < -0.4 is 10.2 Å². The van der Waals surface area contributed by atoms with Crippen LogP contribution in [0, 0.1) is 0 Å². The van der Waals surface area contributed by atoms with Gasteiger partial charge < -0.3 is 15.1 Å². The highest BCUT2D eigenvalue weighted by Gasteiger charge is 2.33. The van der Waals surface area contributed by atoms with Crippen molar-refractivity contribution in [2.75, 3.05) is 37.6 Å². The fraction of sp³-hybridized carbons (Fsp3) is 0.462. The molecular formula is C26H31N7O. The predicted octanol–water partition coefficient (Wildman–Crippen LogP) is 3.19. The predicted molar refractivity (Wildman–Crippen MR) is 133 cm³/mol. The largest absolute Gasteiger partial charge is 0.367 e. The summed E-state index contributed by atoms with van der Waals surface area (Å²) in [4.78, 5) is 26.2. The van der Waals surface area contributed by atoms with Crippen LogP contribution in [-0.2, 0) is 4.79 Å². The first-order valence-electron chi connectivity index (χ1n) is 12.5. The summed E-state index contributed by atoms with van der Waals surface area (Å²) in [6.07, 6.45) is 15.1. The van der Waals surface area contributed by atoms with Gasteiger partial charge in [-0.3, -0.25) is 14.9 Å². The Labute approximate surface area is 199 Å². The monoisotopic (exact) mass is 457 g/mol. The maximum absolute atomic E-state index is 12.9. The highest BCUT2D eigenvalue weighted by Crippen LogP contribution is 2.47. The lowest BCUT2D eigenvalue weighted by molar-refractivity contribution is -0.131. The highest BCUT2D eigenvalue weighted by molar-refractivity contribution is 5.99. The van der Waals surface area contributed by atoms with Gasteiger partial charge in [0.15, 0.2) is 5.65 Å². The van der Waals surface area contributed by atoms with Gasteiger partial charge >= 0.3 is 0 Å². The first kappa shape index (κ1) is 21.3. The Hall–Kier alpha value is -3.26. The third kappa shape index (κ3) is 4.30. The van der Waals surface area contributed by atoms with Gasteiger partial charge in [-0.25, -0.2) is 4.98 Å². The summed E-state index contributed by atoms with van der Waals surface area (Å²) < 4.78 is 0. The lowest BCUT2D eigenvalue weighted by Crippen LogP contribution is -2.50. The molecule has 1 aliphatic carbocycles. The first-order chi connectivity index (χ1) is 16.8. The Morgan fingerprint density at radius 3 is 2.74 bits per heavy atom. The van der Waals surface area contributed by atoms with Crippen molar-refractivity contribution in [1.82, 2.24) is 30.4 Å². The zero-order valence-electron chi connectivity index (χ0n) is 19.4. The molecule has 3 fully saturated rings. The van der Waals surface area contributed by atoms with E-state index < -0.39 is 0 Å². The third-order valence-electron chi connectivity index (χ3n) is 7.29. The average Bonchev–Trinajstić information content (AvgIpc) is 3.44. The SMILES string of the molecule is O=C(C[C@H]1CCCN1)N1CCN(c2c(C3CC3)cnc3n[nH]c(/C=C/c4cccnc4)c23)CC1. The molecule has 0 radical (unpaired) electrons. The summed E-state index contributed by atoms with van der Waals surface area (Å²) in [5.41, 5.74) is 5.32. The summed E-state index contributed by atoms with van der Waals surface area (Å²) in [6, 6.07) is 4.33. The fourth-order valence-electron chi connectivity index (χ4n) is 5.27. The average molecular weight is 458 g/mol. The summed E-state index contributed by atoms with van der Waals surface area (Å²) >= 11 is 0. The number of amides is 1. The van der Waals surface area contributed by atoms with E-state index in [1.807, 2.05) is 29.4 Å². The number of piperazine rings is 1. The van der Waals surface area contributed by atoms with Gasteiger partial charge in [0.25, 0.3) is 0 Å². The van der Waals surface area contributed by atoms with Crippen molar-refractivity contribution in [3.63, 3.8) is 0 Å². The van der Waals surface area contributed by atoms with Gasteiger partial charge in [-0.1, -0.05) is 12.1 Å². The molecule has 1 amide bonds. The van der Waals surface area contributed by atoms with E-state index in [1.54, 1.807) is 6.20 Å². The Bertz CT molecular complexity index is 1190. The maximum Gasteiger partial charge on any atom is 0.224 e. The lowest BCUT2D eigenvalue weighted by Gasteiger charge is -2.37. The number of aromatic amines is 1. The number of hydrogen-bond donors (Lipinski definition) is 2. The molecule has 5 heterocycles. The minimum Gasteiger partial charge on any atom is -0.367 e. The zero-order chi connectivity index (χ0) is 22.9. The van der Waals surface area contributed by atoms with E-state index >= 15 is 0 Å². The second-order valence-corrected chi connectivity index (χ2v) is 9.66. The molecule has 2 N–H and O–H groups in total. The van der Waals surface area contributed by atoms with Gasteiger partial charge in [0.2, 0.25) is 5.91 Å². The molecule has 0 spiro atoms. The van der Waals surface area contributed by atoms with Gasteiger partial charge in [-0.2, -0.15) is 5.10 Å². The second kappa shape index (κ2) is 9.18. The molecule has 6 rings (SSSR count). The normalized spacial score (nSPS) is 21.1. The molecule has 8 nitrogen and oxygen atoms in total. The van der Waals surface area contributed by atoms with Gasteiger partial charge in [0.05, 0.1) is 16.8 Å². The van der Waals surface area contributed by atoms with Crippen molar-refractivity contribution >= 4 is 34.8 Å². The minimum absolute atomic E-state index is 0.282. The number of H-pyrrole nitrogens is 1. The minimum atomic E-state index is 0.282. The highest BCUT2D eigenvalue weighted by atomic mass is 16.2. The Balaban J connectivity index is 1.26. The standard InChI is InChI=1S/C26H31N7O/c34-23(15-20-4-2-10-28-20)32-11-13-33(14-12-32)25-21(19-6-7-19)17-29-26-24(25)22(30-31-26)8-5-18-3-1-9-27-16-18/h1,3,5,8-9,16-17,19-20,28H,2,4,6-7,10-15H2,(H,29,30,31)/b8-5+/t20-/m1/s1. The summed E-state index contributed by atoms with van der Waals surface area (Å²) in [5, 5.41) is 12.2. The van der Waals surface area contributed by atoms with Crippen molar-refractivity contribution in [2.24, 2.45) is 0 Å². The van der Waals surface area contributed by atoms with Crippen molar-refractivity contribution in [3.8, 4) is 0 Å². The maximum atomic E-state index is 12.9. The number of fused-ring (bicyclic) bond motifs is 1. The Morgan fingerprint density at radius 2 is 2.00 bits per heavy atom. The van der Waals surface area contributed by atoms with Crippen LogP contribution in [0.25, 0.3) is 23.2 Å². The van der Waals surface area contributed by atoms with Gasteiger partial charge in [-0.15, -0.1) is 0 Å². The molecule has 1 saturated carbocycles. The van der Waals surface area contributed by atoms with E-state index in [4.69, 9.17) is 0 Å². The van der Waals surface area contributed by atoms with E-state index in [0.29, 0.717) is 18.4 Å². The van der Waals surface area contributed by atoms with Crippen LogP contribution in [-0.4, -0.2) is 69.7 Å². The number of pyridine rings is 2. The number of carbonyl (C=O) groups is 1. The molecule has 3 aromatic rings. The van der Waals surface area contributed by atoms with Crippen LogP contribution in [0.2, 0.25) is 0 Å². The number of hydrogen-bond acceptors (Lipinski definition) is 6. The van der Waals surface area contributed by atoms with Crippen LogP contribution >= 0.6 is 0 Å². The molecular weight excluding hydrogens is 426 g/mol. The van der Waals surface area contributed by atoms with E-state index in [-0.39, 0.29) is 5.91 Å². The van der Waals surface area contributed by atoms with Crippen LogP contribution in [0.3, 0.4) is 0 Å². The number of nitrogens with one attached hydrogen (secondary N) is 2. The molecule has 0 unspecified atom stereocenters.